The number of pyridine rings is 1. The number of methoxy groups -OCH3 is 1. The number of fused-ring (bicyclic) bond motifs is 1. The van der Waals surface area contributed by atoms with E-state index in [4.69, 9.17) is 24.0 Å². The summed E-state index contributed by atoms with van der Waals surface area (Å²) >= 11 is 0. The van der Waals surface area contributed by atoms with Crippen molar-refractivity contribution >= 4 is 34.4 Å². The molecule has 0 bridgehead atoms. The molecule has 1 fully saturated rings. The standard InChI is InChI=1S/C40H51N5O7/c1-26(46)42-34-24-32-33(25-36(34)50-20-19-49-8)41-16-13-35(32)51-31-11-9-27(10-12-31)21-30(47)22-29-23-37(39(2,3)4)43-45(29)28-14-17-44(18-15-28)38(48)52-40(5,6)7/h9-13,16,23-25,28H,14-15,17-22H2,1-8H3,(H,42,46). The van der Waals surface area contributed by atoms with Gasteiger partial charge in [0.15, 0.2) is 0 Å². The molecule has 5 rings (SSSR count). The molecule has 0 atom stereocenters. The monoisotopic (exact) mass is 713 g/mol. The Morgan fingerprint density at radius 3 is 2.25 bits per heavy atom. The van der Waals surface area contributed by atoms with Gasteiger partial charge >= 0.3 is 6.09 Å². The van der Waals surface area contributed by atoms with E-state index in [2.05, 4.69) is 37.1 Å². The second kappa shape index (κ2) is 16.1. The second-order valence-electron chi connectivity index (χ2n) is 15.2. The summed E-state index contributed by atoms with van der Waals surface area (Å²) < 4.78 is 24.8. The van der Waals surface area contributed by atoms with Gasteiger partial charge in [0.05, 0.1) is 29.5 Å². The fourth-order valence-electron chi connectivity index (χ4n) is 6.04. The normalized spacial score (nSPS) is 14.0. The SMILES string of the molecule is COCCOc1cc2nccc(Oc3ccc(CC(=O)Cc4cc(C(C)(C)C)nn4C4CCN(C(=O)OC(C)(C)C)CC4)cc3)c2cc1NC(C)=O. The minimum absolute atomic E-state index is 0.0793. The van der Waals surface area contributed by atoms with Crippen molar-refractivity contribution in [1.29, 1.82) is 0 Å². The number of nitrogens with one attached hydrogen (secondary N) is 1. The van der Waals surface area contributed by atoms with Crippen LogP contribution in [0.25, 0.3) is 10.9 Å². The molecule has 0 saturated carbocycles. The van der Waals surface area contributed by atoms with Gasteiger partial charge in [0.25, 0.3) is 0 Å². The summed E-state index contributed by atoms with van der Waals surface area (Å²) in [4.78, 5) is 44.3. The molecule has 3 heterocycles. The lowest BCUT2D eigenvalue weighted by Crippen LogP contribution is -2.42. The summed E-state index contributed by atoms with van der Waals surface area (Å²) in [7, 11) is 1.59. The molecule has 1 N–H and O–H groups in total. The summed E-state index contributed by atoms with van der Waals surface area (Å²) in [5.41, 5.74) is 3.12. The third kappa shape index (κ3) is 10.1. The largest absolute Gasteiger partial charge is 0.489 e. The molecule has 2 amide bonds. The summed E-state index contributed by atoms with van der Waals surface area (Å²) in [5, 5.41) is 8.51. The fourth-order valence-corrected chi connectivity index (χ4v) is 6.04. The maximum absolute atomic E-state index is 13.5. The van der Waals surface area contributed by atoms with Crippen molar-refractivity contribution in [2.45, 2.75) is 91.2 Å². The molecule has 2 aromatic heterocycles. The van der Waals surface area contributed by atoms with Gasteiger partial charge in [-0.2, -0.15) is 5.10 Å². The number of ether oxygens (including phenoxy) is 4. The van der Waals surface area contributed by atoms with Crippen molar-refractivity contribution in [1.82, 2.24) is 19.7 Å². The van der Waals surface area contributed by atoms with Crippen LogP contribution in [0.3, 0.4) is 0 Å². The smallest absolute Gasteiger partial charge is 0.410 e. The number of carbonyl (C=O) groups is 3. The molecule has 1 saturated heterocycles. The molecule has 52 heavy (non-hydrogen) atoms. The predicted octanol–water partition coefficient (Wildman–Crippen LogP) is 7.43. The van der Waals surface area contributed by atoms with Crippen LogP contribution in [0.15, 0.2) is 54.7 Å². The van der Waals surface area contributed by atoms with Crippen molar-refractivity contribution in [3.63, 3.8) is 0 Å². The average molecular weight is 714 g/mol. The van der Waals surface area contributed by atoms with Gasteiger partial charge in [0.1, 0.15) is 35.2 Å². The van der Waals surface area contributed by atoms with Crippen LogP contribution < -0.4 is 14.8 Å². The van der Waals surface area contributed by atoms with E-state index >= 15 is 0 Å². The van der Waals surface area contributed by atoms with E-state index in [-0.39, 0.29) is 42.1 Å². The highest BCUT2D eigenvalue weighted by atomic mass is 16.6. The van der Waals surface area contributed by atoms with Gasteiger partial charge in [-0.15, -0.1) is 0 Å². The summed E-state index contributed by atoms with van der Waals surface area (Å²) in [6.07, 6.45) is 3.34. The highest BCUT2D eigenvalue weighted by Gasteiger charge is 2.30. The lowest BCUT2D eigenvalue weighted by Gasteiger charge is -2.34. The van der Waals surface area contributed by atoms with Crippen molar-refractivity contribution in [3.05, 3.63) is 71.7 Å². The minimum Gasteiger partial charge on any atom is -0.489 e. The molecule has 0 spiro atoms. The van der Waals surface area contributed by atoms with Crippen LogP contribution in [0.2, 0.25) is 0 Å². The Labute approximate surface area is 305 Å². The van der Waals surface area contributed by atoms with E-state index in [0.717, 1.165) is 29.8 Å². The molecule has 0 aliphatic carbocycles. The highest BCUT2D eigenvalue weighted by molar-refractivity contribution is 5.97. The highest BCUT2D eigenvalue weighted by Crippen LogP contribution is 2.36. The topological polar surface area (TPSA) is 134 Å². The zero-order valence-electron chi connectivity index (χ0n) is 31.6. The molecule has 2 aromatic carbocycles. The Kier molecular flexibility index (Phi) is 11.9. The van der Waals surface area contributed by atoms with E-state index in [1.54, 1.807) is 36.4 Å². The van der Waals surface area contributed by atoms with Crippen LogP contribution in [0, 0.1) is 0 Å². The Balaban J connectivity index is 1.26. The van der Waals surface area contributed by atoms with E-state index in [0.29, 0.717) is 60.1 Å². The predicted molar refractivity (Wildman–Crippen MR) is 199 cm³/mol. The number of piperidine rings is 1. The molecule has 0 unspecified atom stereocenters. The number of benzene rings is 2. The van der Waals surface area contributed by atoms with E-state index in [9.17, 15) is 14.4 Å². The number of hydrogen-bond donors (Lipinski definition) is 1. The van der Waals surface area contributed by atoms with Gasteiger partial charge in [0, 0.05) is 68.7 Å². The minimum atomic E-state index is -0.544. The van der Waals surface area contributed by atoms with Gasteiger partial charge in [-0.1, -0.05) is 32.9 Å². The number of likely N-dealkylation sites (tertiary alicyclic amines) is 1. The van der Waals surface area contributed by atoms with Crippen molar-refractivity contribution in [3.8, 4) is 17.2 Å². The number of carbonyl (C=O) groups excluding carboxylic acids is 3. The molecular formula is C40H51N5O7. The van der Waals surface area contributed by atoms with Gasteiger partial charge in [-0.3, -0.25) is 19.3 Å². The van der Waals surface area contributed by atoms with Crippen molar-refractivity contribution < 1.29 is 33.3 Å². The molecule has 278 valence electrons. The average Bonchev–Trinajstić information content (AvgIpc) is 3.49. The Morgan fingerprint density at radius 1 is 0.904 bits per heavy atom. The Hall–Kier alpha value is -4.97. The zero-order chi connectivity index (χ0) is 37.6. The third-order valence-corrected chi connectivity index (χ3v) is 8.63. The molecule has 4 aromatic rings. The number of ketones is 1. The summed E-state index contributed by atoms with van der Waals surface area (Å²) in [6, 6.07) is 14.9. The van der Waals surface area contributed by atoms with Crippen LogP contribution in [-0.2, 0) is 37.3 Å². The first-order valence-corrected chi connectivity index (χ1v) is 17.8. The number of aromatic nitrogens is 3. The van der Waals surface area contributed by atoms with E-state index in [1.807, 2.05) is 49.7 Å². The number of nitrogens with zero attached hydrogens (tertiary/aromatic N) is 4. The first-order valence-electron chi connectivity index (χ1n) is 17.8. The van der Waals surface area contributed by atoms with Gasteiger partial charge in [-0.25, -0.2) is 4.79 Å². The Bertz CT molecular complexity index is 1880. The lowest BCUT2D eigenvalue weighted by atomic mass is 9.92. The molecule has 1 aliphatic heterocycles. The number of rotatable bonds is 12. The molecule has 12 heteroatoms. The maximum Gasteiger partial charge on any atom is 0.410 e. The van der Waals surface area contributed by atoms with Crippen molar-refractivity contribution in [2.24, 2.45) is 0 Å². The molecule has 0 radical (unpaired) electrons. The van der Waals surface area contributed by atoms with Crippen LogP contribution in [0.4, 0.5) is 10.5 Å². The summed E-state index contributed by atoms with van der Waals surface area (Å²) in [6.45, 7) is 15.3. The van der Waals surface area contributed by atoms with Crippen LogP contribution in [0.5, 0.6) is 17.2 Å². The Morgan fingerprint density at radius 2 is 1.62 bits per heavy atom. The van der Waals surface area contributed by atoms with E-state index < -0.39 is 5.60 Å². The maximum atomic E-state index is 13.5. The fraction of sp³-hybridized carbons (Fsp3) is 0.475. The van der Waals surface area contributed by atoms with E-state index in [1.165, 1.54) is 6.92 Å². The van der Waals surface area contributed by atoms with Crippen LogP contribution in [-0.4, -0.2) is 76.5 Å². The van der Waals surface area contributed by atoms with Gasteiger partial charge < -0.3 is 29.2 Å². The first-order chi connectivity index (χ1) is 24.6. The first kappa shape index (κ1) is 38.3. The molecule has 1 aliphatic rings. The van der Waals surface area contributed by atoms with Gasteiger partial charge in [0.2, 0.25) is 5.91 Å². The molecular weight excluding hydrogens is 662 g/mol. The number of amides is 2. The van der Waals surface area contributed by atoms with Gasteiger partial charge in [-0.05, 0) is 69.5 Å². The molecule has 12 nitrogen and oxygen atoms in total. The van der Waals surface area contributed by atoms with Crippen LogP contribution >= 0.6 is 0 Å². The summed E-state index contributed by atoms with van der Waals surface area (Å²) in [5.74, 6) is 1.49. The number of Topliss-reactive ketones (excluding diaryl/α,β-unsaturated/α-hetero) is 1. The number of hydrogen-bond acceptors (Lipinski definition) is 9. The van der Waals surface area contributed by atoms with Crippen LogP contribution in [0.1, 0.15) is 84.3 Å². The lowest BCUT2D eigenvalue weighted by molar-refractivity contribution is -0.118. The second-order valence-corrected chi connectivity index (χ2v) is 15.2. The quantitative estimate of drug-likeness (QED) is 0.149. The third-order valence-electron chi connectivity index (χ3n) is 8.63. The zero-order valence-corrected chi connectivity index (χ0v) is 31.6. The van der Waals surface area contributed by atoms with Crippen molar-refractivity contribution in [2.75, 3.05) is 38.7 Å². The number of anilines is 1.